The minimum atomic E-state index is -0.562. The van der Waals surface area contributed by atoms with Crippen LogP contribution in [0.15, 0.2) is 22.0 Å². The number of rotatable bonds is 9. The molecule has 1 fully saturated rings. The van der Waals surface area contributed by atoms with E-state index in [1.807, 2.05) is 11.4 Å². The van der Waals surface area contributed by atoms with E-state index < -0.39 is 5.54 Å². The molecule has 8 heteroatoms. The topological polar surface area (TPSA) is 97.1 Å². The Balaban J connectivity index is 1.62. The minimum Gasteiger partial charge on any atom is -0.348 e. The molecular formula is C23H34N4O3S. The lowest BCUT2D eigenvalue weighted by Gasteiger charge is -2.30. The van der Waals surface area contributed by atoms with E-state index in [0.717, 1.165) is 44.9 Å². The van der Waals surface area contributed by atoms with Gasteiger partial charge in [-0.25, -0.2) is 0 Å². The van der Waals surface area contributed by atoms with Gasteiger partial charge in [-0.05, 0) is 36.6 Å². The Kier molecular flexibility index (Phi) is 8.23. The number of thiophene rings is 1. The van der Waals surface area contributed by atoms with E-state index in [0.29, 0.717) is 24.1 Å². The molecule has 0 spiro atoms. The van der Waals surface area contributed by atoms with Gasteiger partial charge in [0.2, 0.25) is 17.7 Å². The second-order valence-electron chi connectivity index (χ2n) is 8.95. The number of carbonyl (C=O) groups excluding carboxylic acids is 2. The van der Waals surface area contributed by atoms with Gasteiger partial charge in [-0.2, -0.15) is 4.98 Å². The number of nitrogens with one attached hydrogen (secondary N) is 2. The third-order valence-corrected chi connectivity index (χ3v) is 6.75. The maximum absolute atomic E-state index is 12.6. The fourth-order valence-corrected chi connectivity index (χ4v) is 5.11. The lowest BCUT2D eigenvalue weighted by atomic mass is 9.89. The van der Waals surface area contributed by atoms with E-state index in [-0.39, 0.29) is 24.3 Å². The van der Waals surface area contributed by atoms with Gasteiger partial charge in [0.15, 0.2) is 5.82 Å². The van der Waals surface area contributed by atoms with Crippen molar-refractivity contribution in [2.24, 2.45) is 5.92 Å². The molecular weight excluding hydrogens is 412 g/mol. The molecule has 0 saturated heterocycles. The fourth-order valence-electron chi connectivity index (χ4n) is 4.32. The van der Waals surface area contributed by atoms with Crippen LogP contribution < -0.4 is 10.6 Å². The lowest BCUT2D eigenvalue weighted by molar-refractivity contribution is -0.122. The van der Waals surface area contributed by atoms with Crippen molar-refractivity contribution in [1.29, 1.82) is 0 Å². The van der Waals surface area contributed by atoms with E-state index in [1.165, 1.54) is 11.8 Å². The zero-order valence-electron chi connectivity index (χ0n) is 18.8. The molecule has 2 amide bonds. The van der Waals surface area contributed by atoms with Crippen LogP contribution in [0.4, 0.5) is 0 Å². The van der Waals surface area contributed by atoms with Crippen LogP contribution in [0.25, 0.3) is 0 Å². The molecule has 2 heterocycles. The highest BCUT2D eigenvalue weighted by Gasteiger charge is 2.38. The Morgan fingerprint density at radius 1 is 1.23 bits per heavy atom. The molecule has 1 aliphatic carbocycles. The summed E-state index contributed by atoms with van der Waals surface area (Å²) in [5.74, 6) is 1.35. The first-order valence-electron chi connectivity index (χ1n) is 11.3. The van der Waals surface area contributed by atoms with Gasteiger partial charge in [-0.15, -0.1) is 11.3 Å². The predicted octanol–water partition coefficient (Wildman–Crippen LogP) is 4.65. The minimum absolute atomic E-state index is 0.0233. The highest BCUT2D eigenvalue weighted by atomic mass is 32.1. The van der Waals surface area contributed by atoms with Crippen LogP contribution in [-0.2, 0) is 21.5 Å². The average molecular weight is 447 g/mol. The number of aryl methyl sites for hydroxylation is 1. The van der Waals surface area contributed by atoms with Gasteiger partial charge >= 0.3 is 0 Å². The number of amides is 2. The average Bonchev–Trinajstić information content (AvgIpc) is 3.35. The van der Waals surface area contributed by atoms with Crippen molar-refractivity contribution < 1.29 is 14.1 Å². The fraction of sp³-hybridized carbons (Fsp3) is 0.652. The molecule has 0 aromatic carbocycles. The summed E-state index contributed by atoms with van der Waals surface area (Å²) in [6.07, 6.45) is 7.52. The highest BCUT2D eigenvalue weighted by Crippen LogP contribution is 2.34. The molecule has 170 valence electrons. The molecule has 1 unspecified atom stereocenters. The van der Waals surface area contributed by atoms with E-state index in [9.17, 15) is 9.59 Å². The van der Waals surface area contributed by atoms with Crippen LogP contribution in [0.2, 0.25) is 0 Å². The van der Waals surface area contributed by atoms with Crippen molar-refractivity contribution in [2.75, 3.05) is 0 Å². The summed E-state index contributed by atoms with van der Waals surface area (Å²) in [4.78, 5) is 30.2. The van der Waals surface area contributed by atoms with Gasteiger partial charge in [0.1, 0.15) is 5.54 Å². The maximum atomic E-state index is 12.6. The number of hydrogen-bond acceptors (Lipinski definition) is 6. The summed E-state index contributed by atoms with van der Waals surface area (Å²) < 4.78 is 5.47. The zero-order chi connectivity index (χ0) is 22.3. The number of aromatic nitrogens is 2. The van der Waals surface area contributed by atoms with Crippen LogP contribution in [-0.4, -0.2) is 22.0 Å². The van der Waals surface area contributed by atoms with Crippen molar-refractivity contribution in [3.05, 3.63) is 34.1 Å². The zero-order valence-corrected chi connectivity index (χ0v) is 19.6. The Labute approximate surface area is 188 Å². The standard InChI is InChI=1S/C23H34N4O3S/c1-16(2)15-18(19-9-8-14-31-19)24-20(29)10-11-21-25-22(27-30-21)23(26-17(3)28)12-6-4-5-7-13-23/h8-9,14,16,18H,4-7,10-13,15H2,1-3H3,(H,24,29)(H,26,28). The second kappa shape index (κ2) is 10.9. The highest BCUT2D eigenvalue weighted by molar-refractivity contribution is 7.10. The van der Waals surface area contributed by atoms with Crippen LogP contribution in [0.3, 0.4) is 0 Å². The third-order valence-electron chi connectivity index (χ3n) is 5.76. The lowest BCUT2D eigenvalue weighted by Crippen LogP contribution is -2.45. The molecule has 1 aliphatic rings. The Bertz CT molecular complexity index is 839. The second-order valence-corrected chi connectivity index (χ2v) is 9.93. The van der Waals surface area contributed by atoms with E-state index in [2.05, 4.69) is 40.7 Å². The van der Waals surface area contributed by atoms with Crippen molar-refractivity contribution in [2.45, 2.75) is 90.1 Å². The first-order chi connectivity index (χ1) is 14.9. The van der Waals surface area contributed by atoms with Gasteiger partial charge in [0.05, 0.1) is 6.04 Å². The summed E-state index contributed by atoms with van der Waals surface area (Å²) >= 11 is 1.66. The molecule has 1 saturated carbocycles. The molecule has 2 N–H and O–H groups in total. The van der Waals surface area contributed by atoms with Crippen molar-refractivity contribution >= 4 is 23.2 Å². The first kappa shape index (κ1) is 23.4. The van der Waals surface area contributed by atoms with Crippen LogP contribution >= 0.6 is 11.3 Å². The Morgan fingerprint density at radius 2 is 1.97 bits per heavy atom. The van der Waals surface area contributed by atoms with E-state index in [1.54, 1.807) is 11.3 Å². The van der Waals surface area contributed by atoms with Gasteiger partial charge in [0, 0.05) is 24.6 Å². The first-order valence-corrected chi connectivity index (χ1v) is 12.2. The molecule has 3 rings (SSSR count). The number of nitrogens with zero attached hydrogens (tertiary/aromatic N) is 2. The summed E-state index contributed by atoms with van der Waals surface area (Å²) in [6.45, 7) is 5.84. The smallest absolute Gasteiger partial charge is 0.227 e. The normalized spacial score (nSPS) is 17.2. The monoisotopic (exact) mass is 446 g/mol. The van der Waals surface area contributed by atoms with E-state index >= 15 is 0 Å². The molecule has 2 aromatic rings. The number of carbonyl (C=O) groups is 2. The van der Waals surface area contributed by atoms with Crippen LogP contribution in [0, 0.1) is 5.92 Å². The maximum Gasteiger partial charge on any atom is 0.227 e. The van der Waals surface area contributed by atoms with Crippen LogP contribution in [0.1, 0.15) is 94.8 Å². The molecule has 1 atom stereocenters. The summed E-state index contributed by atoms with van der Waals surface area (Å²) in [5.41, 5.74) is -0.562. The van der Waals surface area contributed by atoms with Crippen molar-refractivity contribution in [1.82, 2.24) is 20.8 Å². The molecule has 2 aromatic heterocycles. The van der Waals surface area contributed by atoms with E-state index in [4.69, 9.17) is 4.52 Å². The summed E-state index contributed by atoms with van der Waals surface area (Å²) in [6, 6.07) is 4.11. The Hall–Kier alpha value is -2.22. The molecule has 0 radical (unpaired) electrons. The molecule has 31 heavy (non-hydrogen) atoms. The largest absolute Gasteiger partial charge is 0.348 e. The van der Waals surface area contributed by atoms with Gasteiger partial charge in [-0.3, -0.25) is 9.59 Å². The van der Waals surface area contributed by atoms with Crippen molar-refractivity contribution in [3.8, 4) is 0 Å². The van der Waals surface area contributed by atoms with Crippen molar-refractivity contribution in [3.63, 3.8) is 0 Å². The quantitative estimate of drug-likeness (QED) is 0.546. The van der Waals surface area contributed by atoms with Gasteiger partial charge in [0.25, 0.3) is 0 Å². The molecule has 0 aliphatic heterocycles. The number of hydrogen-bond donors (Lipinski definition) is 2. The Morgan fingerprint density at radius 3 is 2.58 bits per heavy atom. The molecule has 0 bridgehead atoms. The predicted molar refractivity (Wildman–Crippen MR) is 120 cm³/mol. The SMILES string of the molecule is CC(=O)NC1(c2noc(CCC(=O)NC(CC(C)C)c3cccs3)n2)CCCCCC1. The molecule has 7 nitrogen and oxygen atoms in total. The van der Waals surface area contributed by atoms with Gasteiger partial charge < -0.3 is 15.2 Å². The van der Waals surface area contributed by atoms with Gasteiger partial charge in [-0.1, -0.05) is 50.8 Å². The summed E-state index contributed by atoms with van der Waals surface area (Å²) in [5, 5.41) is 12.5. The summed E-state index contributed by atoms with van der Waals surface area (Å²) in [7, 11) is 0. The third kappa shape index (κ3) is 6.63. The van der Waals surface area contributed by atoms with Crippen LogP contribution in [0.5, 0.6) is 0 Å².